The maximum absolute atomic E-state index is 6.30. The molecule has 0 saturated carbocycles. The molecule has 0 saturated heterocycles. The minimum atomic E-state index is -0.0800. The van der Waals surface area contributed by atoms with Gasteiger partial charge in [0.25, 0.3) is 5.78 Å². The fourth-order valence-corrected chi connectivity index (χ4v) is 3.10. The number of aromatic amines is 1. The number of aromatic nitrogens is 4. The van der Waals surface area contributed by atoms with Gasteiger partial charge in [-0.1, -0.05) is 38.5 Å². The highest BCUT2D eigenvalue weighted by Crippen LogP contribution is 2.29. The zero-order chi connectivity index (χ0) is 18.1. The Bertz CT molecular complexity index is 877. The maximum atomic E-state index is 6.30. The topological polar surface area (TPSA) is 55.2 Å². The van der Waals surface area contributed by atoms with Gasteiger partial charge >= 0.3 is 0 Å². The molecule has 0 aliphatic carbocycles. The van der Waals surface area contributed by atoms with E-state index in [0.29, 0.717) is 5.92 Å². The number of H-pyrrole nitrogens is 1. The van der Waals surface area contributed by atoms with E-state index in [9.17, 15) is 0 Å². The second-order valence-electron chi connectivity index (χ2n) is 6.92. The summed E-state index contributed by atoms with van der Waals surface area (Å²) in [6, 6.07) is 6.27. The first-order valence-corrected chi connectivity index (χ1v) is 9.13. The lowest BCUT2D eigenvalue weighted by Gasteiger charge is -2.18. The Morgan fingerprint density at radius 1 is 1.12 bits per heavy atom. The molecular formula is C20H28N4O. The van der Waals surface area contributed by atoms with Crippen molar-refractivity contribution in [1.29, 1.82) is 0 Å². The van der Waals surface area contributed by atoms with Crippen molar-refractivity contribution in [3.05, 3.63) is 46.5 Å². The molecular weight excluding hydrogens is 312 g/mol. The summed E-state index contributed by atoms with van der Waals surface area (Å²) in [5.41, 5.74) is 4.41. The van der Waals surface area contributed by atoms with Gasteiger partial charge in [0.1, 0.15) is 23.4 Å². The Morgan fingerprint density at radius 3 is 2.48 bits per heavy atom. The van der Waals surface area contributed by atoms with Crippen LogP contribution < -0.4 is 4.74 Å². The van der Waals surface area contributed by atoms with Crippen molar-refractivity contribution in [3.8, 4) is 5.75 Å². The molecule has 5 heteroatoms. The first-order chi connectivity index (χ1) is 11.9. The van der Waals surface area contributed by atoms with Crippen LogP contribution in [-0.4, -0.2) is 19.6 Å². The molecule has 134 valence electrons. The Morgan fingerprint density at radius 2 is 1.88 bits per heavy atom. The van der Waals surface area contributed by atoms with Gasteiger partial charge in [-0.05, 0) is 45.2 Å². The first-order valence-electron chi connectivity index (χ1n) is 9.13. The molecule has 0 fully saturated rings. The minimum Gasteiger partial charge on any atom is -0.484 e. The van der Waals surface area contributed by atoms with Crippen LogP contribution in [0.15, 0.2) is 18.2 Å². The van der Waals surface area contributed by atoms with E-state index in [4.69, 9.17) is 9.72 Å². The van der Waals surface area contributed by atoms with Crippen LogP contribution in [0.4, 0.5) is 0 Å². The molecule has 1 aromatic carbocycles. The van der Waals surface area contributed by atoms with Crippen molar-refractivity contribution in [3.63, 3.8) is 0 Å². The van der Waals surface area contributed by atoms with Crippen LogP contribution in [-0.2, 0) is 0 Å². The number of fused-ring (bicyclic) bond motifs is 1. The van der Waals surface area contributed by atoms with Gasteiger partial charge in [-0.3, -0.25) is 5.10 Å². The zero-order valence-corrected chi connectivity index (χ0v) is 16.1. The molecule has 2 heterocycles. The van der Waals surface area contributed by atoms with Crippen molar-refractivity contribution in [2.75, 3.05) is 0 Å². The van der Waals surface area contributed by atoms with Gasteiger partial charge in [-0.2, -0.15) is 4.98 Å². The highest BCUT2D eigenvalue weighted by atomic mass is 16.5. The summed E-state index contributed by atoms with van der Waals surface area (Å²) in [5, 5.41) is 3.38. The van der Waals surface area contributed by atoms with Crippen LogP contribution >= 0.6 is 0 Å². The van der Waals surface area contributed by atoms with Crippen LogP contribution in [0.3, 0.4) is 0 Å². The average molecular weight is 340 g/mol. The van der Waals surface area contributed by atoms with Gasteiger partial charge in [0.15, 0.2) is 0 Å². The van der Waals surface area contributed by atoms with Crippen molar-refractivity contribution < 1.29 is 4.74 Å². The van der Waals surface area contributed by atoms with E-state index in [1.807, 2.05) is 10.6 Å². The Kier molecular flexibility index (Phi) is 4.84. The summed E-state index contributed by atoms with van der Waals surface area (Å²) in [4.78, 5) is 9.42. The fourth-order valence-electron chi connectivity index (χ4n) is 3.10. The average Bonchev–Trinajstić information content (AvgIpc) is 3.13. The molecule has 0 spiro atoms. The smallest absolute Gasteiger partial charge is 0.251 e. The largest absolute Gasteiger partial charge is 0.484 e. The van der Waals surface area contributed by atoms with Crippen LogP contribution in [0, 0.1) is 20.8 Å². The number of nitrogens with one attached hydrogen (secondary N) is 1. The van der Waals surface area contributed by atoms with Gasteiger partial charge in [0.05, 0.1) is 5.69 Å². The van der Waals surface area contributed by atoms with Gasteiger partial charge in [0.2, 0.25) is 0 Å². The highest BCUT2D eigenvalue weighted by Gasteiger charge is 2.22. The SMILES string of the molecule is CCC(C)c1nc2nc(C(CC)Oc3ccc(C)cc3C)c(C)n2[nH]1. The third-order valence-electron chi connectivity index (χ3n) is 4.93. The molecule has 2 aromatic heterocycles. The second-order valence-corrected chi connectivity index (χ2v) is 6.92. The summed E-state index contributed by atoms with van der Waals surface area (Å²) >= 11 is 0. The van der Waals surface area contributed by atoms with E-state index in [1.54, 1.807) is 0 Å². The monoisotopic (exact) mass is 340 g/mol. The van der Waals surface area contributed by atoms with Crippen molar-refractivity contribution in [2.45, 2.75) is 66.4 Å². The lowest BCUT2D eigenvalue weighted by molar-refractivity contribution is 0.195. The molecule has 0 bridgehead atoms. The molecule has 3 aromatic rings. The van der Waals surface area contributed by atoms with Crippen LogP contribution in [0.1, 0.15) is 74.0 Å². The van der Waals surface area contributed by atoms with Gasteiger partial charge in [-0.15, -0.1) is 0 Å². The molecule has 0 aliphatic heterocycles. The quantitative estimate of drug-likeness (QED) is 0.685. The van der Waals surface area contributed by atoms with Gasteiger partial charge in [-0.25, -0.2) is 9.50 Å². The summed E-state index contributed by atoms with van der Waals surface area (Å²) in [6.07, 6.45) is 1.83. The number of ether oxygens (including phenoxy) is 1. The lowest BCUT2D eigenvalue weighted by Crippen LogP contribution is -2.10. The van der Waals surface area contributed by atoms with Crippen LogP contribution in [0.5, 0.6) is 5.75 Å². The Balaban J connectivity index is 1.92. The standard InChI is InChI=1S/C20H28N4O/c1-7-13(4)19-22-20-21-18(15(6)24(20)23-19)16(8-2)25-17-10-9-12(3)11-14(17)5/h9-11,13,16H,7-8H2,1-6H3,(H,21,22,23). The molecule has 0 radical (unpaired) electrons. The predicted octanol–water partition coefficient (Wildman–Crippen LogP) is 5.03. The molecule has 0 amide bonds. The summed E-state index contributed by atoms with van der Waals surface area (Å²) in [7, 11) is 0. The third kappa shape index (κ3) is 3.28. The molecule has 2 unspecified atom stereocenters. The van der Waals surface area contributed by atoms with Crippen molar-refractivity contribution in [1.82, 2.24) is 19.6 Å². The van der Waals surface area contributed by atoms with E-state index < -0.39 is 0 Å². The number of nitrogens with zero attached hydrogens (tertiary/aromatic N) is 3. The van der Waals surface area contributed by atoms with E-state index >= 15 is 0 Å². The summed E-state index contributed by atoms with van der Waals surface area (Å²) in [6.45, 7) is 12.7. The number of aryl methyl sites for hydroxylation is 3. The predicted molar refractivity (Wildman–Crippen MR) is 100 cm³/mol. The Hall–Kier alpha value is -2.30. The number of imidazole rings is 1. The number of hydrogen-bond acceptors (Lipinski definition) is 3. The van der Waals surface area contributed by atoms with Crippen molar-refractivity contribution >= 4 is 5.78 Å². The van der Waals surface area contributed by atoms with Gasteiger partial charge < -0.3 is 4.74 Å². The second kappa shape index (κ2) is 6.90. The normalized spacial score (nSPS) is 14.0. The number of rotatable bonds is 6. The Labute approximate surface area is 149 Å². The molecule has 1 N–H and O–H groups in total. The van der Waals surface area contributed by atoms with Crippen molar-refractivity contribution in [2.24, 2.45) is 0 Å². The maximum Gasteiger partial charge on any atom is 0.251 e. The molecule has 2 atom stereocenters. The minimum absolute atomic E-state index is 0.0800. The van der Waals surface area contributed by atoms with E-state index in [2.05, 4.69) is 63.8 Å². The van der Waals surface area contributed by atoms with E-state index in [-0.39, 0.29) is 6.10 Å². The highest BCUT2D eigenvalue weighted by molar-refractivity contribution is 5.38. The molecule has 0 aliphatic rings. The summed E-state index contributed by atoms with van der Waals surface area (Å²) in [5.74, 6) is 3.04. The van der Waals surface area contributed by atoms with Crippen LogP contribution in [0.2, 0.25) is 0 Å². The summed E-state index contributed by atoms with van der Waals surface area (Å²) < 4.78 is 8.27. The fraction of sp³-hybridized carbons (Fsp3) is 0.500. The lowest BCUT2D eigenvalue weighted by atomic mass is 10.1. The molecule has 5 nitrogen and oxygen atoms in total. The zero-order valence-electron chi connectivity index (χ0n) is 16.1. The third-order valence-corrected chi connectivity index (χ3v) is 4.93. The van der Waals surface area contributed by atoms with E-state index in [1.165, 1.54) is 5.56 Å². The van der Waals surface area contributed by atoms with Crippen LogP contribution in [0.25, 0.3) is 5.78 Å². The number of hydrogen-bond donors (Lipinski definition) is 1. The first kappa shape index (κ1) is 17.5. The molecule has 3 rings (SSSR count). The number of benzene rings is 1. The van der Waals surface area contributed by atoms with E-state index in [0.717, 1.165) is 47.1 Å². The van der Waals surface area contributed by atoms with Gasteiger partial charge in [0, 0.05) is 5.92 Å². The molecule has 25 heavy (non-hydrogen) atoms.